The highest BCUT2D eigenvalue weighted by Gasteiger charge is 2.19. The molecule has 0 bridgehead atoms. The predicted octanol–water partition coefficient (Wildman–Crippen LogP) is 2.62. The largest absolute Gasteiger partial charge is 0.382 e. The molecule has 0 spiro atoms. The highest BCUT2D eigenvalue weighted by molar-refractivity contribution is 6.05. The zero-order valence-electron chi connectivity index (χ0n) is 15.8. The van der Waals surface area contributed by atoms with Crippen LogP contribution in [0.2, 0.25) is 0 Å². The topological polar surface area (TPSA) is 115 Å². The maximum absolute atomic E-state index is 12.4. The Morgan fingerprint density at radius 3 is 2.46 bits per heavy atom. The molecule has 0 aliphatic heterocycles. The number of nitrogen functional groups attached to an aromatic ring is 1. The van der Waals surface area contributed by atoms with Crippen LogP contribution in [0.15, 0.2) is 48.5 Å². The van der Waals surface area contributed by atoms with Crippen LogP contribution in [0, 0.1) is 6.92 Å². The van der Waals surface area contributed by atoms with Crippen LogP contribution < -0.4 is 16.4 Å². The van der Waals surface area contributed by atoms with Gasteiger partial charge >= 0.3 is 0 Å². The number of hydrogen-bond donors (Lipinski definition) is 3. The minimum Gasteiger partial charge on any atom is -0.382 e. The fourth-order valence-electron chi connectivity index (χ4n) is 2.65. The van der Waals surface area contributed by atoms with E-state index in [-0.39, 0.29) is 24.0 Å². The molecule has 0 aliphatic carbocycles. The van der Waals surface area contributed by atoms with Gasteiger partial charge in [-0.3, -0.25) is 9.59 Å². The second-order valence-corrected chi connectivity index (χ2v) is 6.35. The monoisotopic (exact) mass is 378 g/mol. The zero-order chi connectivity index (χ0) is 20.1. The second-order valence-electron chi connectivity index (χ2n) is 6.35. The van der Waals surface area contributed by atoms with E-state index in [1.165, 1.54) is 10.2 Å². The van der Waals surface area contributed by atoms with Gasteiger partial charge in [-0.15, -0.1) is 5.10 Å². The molecule has 28 heavy (non-hydrogen) atoms. The van der Waals surface area contributed by atoms with Crippen molar-refractivity contribution in [2.75, 3.05) is 16.4 Å². The summed E-state index contributed by atoms with van der Waals surface area (Å²) >= 11 is 0. The van der Waals surface area contributed by atoms with Gasteiger partial charge in [-0.25, -0.2) is 4.68 Å². The summed E-state index contributed by atoms with van der Waals surface area (Å²) in [6.45, 7) is 3.81. The lowest BCUT2D eigenvalue weighted by Gasteiger charge is -2.08. The van der Waals surface area contributed by atoms with E-state index in [1.54, 1.807) is 6.07 Å². The van der Waals surface area contributed by atoms with Gasteiger partial charge in [0.1, 0.15) is 6.54 Å². The van der Waals surface area contributed by atoms with Gasteiger partial charge in [0, 0.05) is 11.4 Å². The molecule has 0 radical (unpaired) electrons. The van der Waals surface area contributed by atoms with E-state index < -0.39 is 5.91 Å². The minimum atomic E-state index is -0.479. The third kappa shape index (κ3) is 4.35. The summed E-state index contributed by atoms with van der Waals surface area (Å²) in [6.07, 6.45) is 0.917. The quantitative estimate of drug-likeness (QED) is 0.610. The van der Waals surface area contributed by atoms with Crippen LogP contribution in [-0.4, -0.2) is 26.8 Å². The highest BCUT2D eigenvalue weighted by atomic mass is 16.2. The summed E-state index contributed by atoms with van der Waals surface area (Å²) in [7, 11) is 0. The molecular formula is C20H22N6O2. The summed E-state index contributed by atoms with van der Waals surface area (Å²) in [5, 5.41) is 13.2. The molecule has 3 aromatic rings. The van der Waals surface area contributed by atoms with Crippen molar-refractivity contribution in [2.45, 2.75) is 26.8 Å². The van der Waals surface area contributed by atoms with Crippen LogP contribution in [0.5, 0.6) is 0 Å². The van der Waals surface area contributed by atoms with Crippen molar-refractivity contribution in [2.24, 2.45) is 0 Å². The molecule has 0 fully saturated rings. The van der Waals surface area contributed by atoms with Gasteiger partial charge in [-0.05, 0) is 42.7 Å². The van der Waals surface area contributed by atoms with Crippen molar-refractivity contribution in [1.29, 1.82) is 0 Å². The molecule has 2 aromatic carbocycles. The summed E-state index contributed by atoms with van der Waals surface area (Å²) in [5.74, 6) is -0.761. The Labute approximate surface area is 162 Å². The summed E-state index contributed by atoms with van der Waals surface area (Å²) in [4.78, 5) is 24.7. The molecule has 144 valence electrons. The van der Waals surface area contributed by atoms with Gasteiger partial charge in [0.2, 0.25) is 5.91 Å². The molecule has 0 atom stereocenters. The number of hydrogen-bond acceptors (Lipinski definition) is 5. The number of rotatable bonds is 6. The van der Waals surface area contributed by atoms with Crippen molar-refractivity contribution >= 4 is 29.0 Å². The van der Waals surface area contributed by atoms with Gasteiger partial charge in [0.25, 0.3) is 5.91 Å². The first kappa shape index (κ1) is 19.1. The molecular weight excluding hydrogens is 356 g/mol. The molecule has 0 unspecified atom stereocenters. The molecule has 8 nitrogen and oxygen atoms in total. The van der Waals surface area contributed by atoms with E-state index in [4.69, 9.17) is 5.73 Å². The Morgan fingerprint density at radius 2 is 1.79 bits per heavy atom. The molecule has 0 saturated heterocycles. The number of aromatic nitrogens is 3. The second kappa shape index (κ2) is 8.34. The smallest absolute Gasteiger partial charge is 0.280 e. The number of nitrogens with two attached hydrogens (primary N) is 1. The van der Waals surface area contributed by atoms with Crippen molar-refractivity contribution in [3.63, 3.8) is 0 Å². The lowest BCUT2D eigenvalue weighted by Crippen LogP contribution is -2.21. The van der Waals surface area contributed by atoms with Crippen molar-refractivity contribution in [1.82, 2.24) is 15.0 Å². The molecule has 0 aliphatic rings. The average Bonchev–Trinajstić information content (AvgIpc) is 3.04. The summed E-state index contributed by atoms with van der Waals surface area (Å²) in [5.41, 5.74) is 9.40. The standard InChI is InChI=1S/C20H22N6O2/c1-3-14-8-10-15(11-9-14)22-20(28)18-19(21)26(25-24-18)12-17(27)23-16-7-5-4-6-13(16)2/h4-11H,3,12,21H2,1-2H3,(H,22,28)(H,23,27). The predicted molar refractivity (Wildman–Crippen MR) is 108 cm³/mol. The Balaban J connectivity index is 1.66. The number of benzene rings is 2. The normalized spacial score (nSPS) is 10.5. The number of para-hydroxylation sites is 1. The van der Waals surface area contributed by atoms with Crippen molar-refractivity contribution < 1.29 is 9.59 Å². The highest BCUT2D eigenvalue weighted by Crippen LogP contribution is 2.15. The molecule has 3 rings (SSSR count). The Morgan fingerprint density at radius 1 is 1.07 bits per heavy atom. The van der Waals surface area contributed by atoms with E-state index in [9.17, 15) is 9.59 Å². The van der Waals surface area contributed by atoms with Crippen LogP contribution in [0.25, 0.3) is 0 Å². The van der Waals surface area contributed by atoms with Crippen LogP contribution in [0.3, 0.4) is 0 Å². The zero-order valence-corrected chi connectivity index (χ0v) is 15.8. The summed E-state index contributed by atoms with van der Waals surface area (Å²) in [6, 6.07) is 14.9. The Bertz CT molecular complexity index is 994. The molecule has 8 heteroatoms. The lowest BCUT2D eigenvalue weighted by atomic mass is 10.1. The average molecular weight is 378 g/mol. The lowest BCUT2D eigenvalue weighted by molar-refractivity contribution is -0.116. The van der Waals surface area contributed by atoms with Crippen molar-refractivity contribution in [3.8, 4) is 0 Å². The molecule has 1 aromatic heterocycles. The molecule has 4 N–H and O–H groups in total. The van der Waals surface area contributed by atoms with Gasteiger partial charge < -0.3 is 16.4 Å². The first-order chi connectivity index (χ1) is 13.5. The number of amides is 2. The maximum atomic E-state index is 12.4. The van der Waals surface area contributed by atoms with E-state index >= 15 is 0 Å². The van der Waals surface area contributed by atoms with Crippen LogP contribution in [0.4, 0.5) is 17.2 Å². The third-order valence-corrected chi connectivity index (χ3v) is 4.32. The number of aryl methyl sites for hydroxylation is 2. The van der Waals surface area contributed by atoms with Gasteiger partial charge in [0.05, 0.1) is 0 Å². The van der Waals surface area contributed by atoms with E-state index in [2.05, 4.69) is 27.9 Å². The SMILES string of the molecule is CCc1ccc(NC(=O)c2nnn(CC(=O)Nc3ccccc3C)c2N)cc1. The Kier molecular flexibility index (Phi) is 5.69. The number of carbonyl (C=O) groups is 2. The number of nitrogens with zero attached hydrogens (tertiary/aromatic N) is 3. The minimum absolute atomic E-state index is 0.0248. The first-order valence-corrected chi connectivity index (χ1v) is 8.92. The Hall–Kier alpha value is -3.68. The van der Waals surface area contributed by atoms with Crippen LogP contribution in [-0.2, 0) is 17.8 Å². The van der Waals surface area contributed by atoms with E-state index in [0.717, 1.165) is 12.0 Å². The number of nitrogens with one attached hydrogen (secondary N) is 2. The molecule has 2 amide bonds. The van der Waals surface area contributed by atoms with Gasteiger partial charge in [0.15, 0.2) is 11.5 Å². The maximum Gasteiger partial charge on any atom is 0.280 e. The molecule has 1 heterocycles. The van der Waals surface area contributed by atoms with E-state index in [0.29, 0.717) is 11.4 Å². The first-order valence-electron chi connectivity index (χ1n) is 8.92. The number of carbonyl (C=O) groups excluding carboxylic acids is 2. The van der Waals surface area contributed by atoms with Crippen LogP contribution in [0.1, 0.15) is 28.5 Å². The molecule has 0 saturated carbocycles. The fourth-order valence-corrected chi connectivity index (χ4v) is 2.65. The van der Waals surface area contributed by atoms with Gasteiger partial charge in [-0.2, -0.15) is 0 Å². The van der Waals surface area contributed by atoms with Gasteiger partial charge in [-0.1, -0.05) is 42.5 Å². The summed E-state index contributed by atoms with van der Waals surface area (Å²) < 4.78 is 1.20. The van der Waals surface area contributed by atoms with E-state index in [1.807, 2.05) is 49.4 Å². The third-order valence-electron chi connectivity index (χ3n) is 4.32. The number of anilines is 3. The van der Waals surface area contributed by atoms with Crippen LogP contribution >= 0.6 is 0 Å². The van der Waals surface area contributed by atoms with Crippen molar-refractivity contribution in [3.05, 3.63) is 65.4 Å². The fraction of sp³-hybridized carbons (Fsp3) is 0.200.